The molecule has 2 atom stereocenters. The molecule has 1 saturated heterocycles. The third kappa shape index (κ3) is 6.61. The summed E-state index contributed by atoms with van der Waals surface area (Å²) >= 11 is 0. The normalized spacial score (nSPS) is 17.6. The Kier molecular flexibility index (Phi) is 7.95. The van der Waals surface area contributed by atoms with E-state index in [-0.39, 0.29) is 18.8 Å². The summed E-state index contributed by atoms with van der Waals surface area (Å²) in [5, 5.41) is 21.4. The number of alkyl carbamates (subject to hydrolysis) is 1. The first-order chi connectivity index (χ1) is 13.3. The van der Waals surface area contributed by atoms with Gasteiger partial charge in [-0.3, -0.25) is 4.79 Å². The number of likely N-dealkylation sites (tertiary alicyclic amines) is 1. The fourth-order valence-electron chi connectivity index (χ4n) is 3.00. The van der Waals surface area contributed by atoms with Crippen molar-refractivity contribution in [3.05, 3.63) is 48.1 Å². The van der Waals surface area contributed by atoms with E-state index < -0.39 is 37.0 Å². The number of hydrogen-bond donors (Lipinski definition) is 3. The van der Waals surface area contributed by atoms with Crippen molar-refractivity contribution in [2.45, 2.75) is 37.7 Å². The lowest BCUT2D eigenvalue weighted by Gasteiger charge is -2.32. The van der Waals surface area contributed by atoms with Gasteiger partial charge in [0.05, 0.1) is 12.5 Å². The Morgan fingerprint density at radius 1 is 1.36 bits per heavy atom. The summed E-state index contributed by atoms with van der Waals surface area (Å²) < 4.78 is 31.2. The van der Waals surface area contributed by atoms with Crippen LogP contribution in [0.3, 0.4) is 0 Å². The number of aryl methyl sites for hydroxylation is 1. The Morgan fingerprint density at radius 3 is 2.64 bits per heavy atom. The SMILES string of the molecule is C=C(F)C(=O)N1CCC[C@H](OC(=O)N[C@@H](CCc2ccc(F)cc2)B(O)O)C1. The molecular weight excluding hydrogens is 373 g/mol. The molecule has 28 heavy (non-hydrogen) atoms. The van der Waals surface area contributed by atoms with E-state index in [2.05, 4.69) is 11.9 Å². The molecule has 152 valence electrons. The molecule has 2 amide bonds. The van der Waals surface area contributed by atoms with Crippen molar-refractivity contribution in [2.75, 3.05) is 13.1 Å². The first-order valence-corrected chi connectivity index (χ1v) is 8.97. The summed E-state index contributed by atoms with van der Waals surface area (Å²) in [4.78, 5) is 25.0. The van der Waals surface area contributed by atoms with Crippen molar-refractivity contribution in [2.24, 2.45) is 0 Å². The second-order valence-corrected chi connectivity index (χ2v) is 6.66. The molecule has 0 saturated carbocycles. The molecule has 0 spiro atoms. The van der Waals surface area contributed by atoms with Gasteiger partial charge in [-0.05, 0) is 43.4 Å². The van der Waals surface area contributed by atoms with Gasteiger partial charge >= 0.3 is 13.2 Å². The number of piperidine rings is 1. The summed E-state index contributed by atoms with van der Waals surface area (Å²) in [6.45, 7) is 3.36. The average molecular weight is 396 g/mol. The van der Waals surface area contributed by atoms with Crippen molar-refractivity contribution in [3.63, 3.8) is 0 Å². The maximum absolute atomic E-state index is 13.0. The molecule has 0 aromatic heterocycles. The van der Waals surface area contributed by atoms with Crippen LogP contribution in [-0.2, 0) is 16.0 Å². The lowest BCUT2D eigenvalue weighted by Crippen LogP contribution is -2.49. The van der Waals surface area contributed by atoms with E-state index >= 15 is 0 Å². The van der Waals surface area contributed by atoms with E-state index in [1.54, 1.807) is 12.1 Å². The zero-order valence-corrected chi connectivity index (χ0v) is 15.3. The highest BCUT2D eigenvalue weighted by Crippen LogP contribution is 2.16. The van der Waals surface area contributed by atoms with Gasteiger partial charge in [0, 0.05) is 6.54 Å². The third-order valence-electron chi connectivity index (χ3n) is 4.49. The van der Waals surface area contributed by atoms with Crippen LogP contribution in [0.1, 0.15) is 24.8 Å². The molecule has 10 heteroatoms. The van der Waals surface area contributed by atoms with Crippen LogP contribution in [-0.4, -0.2) is 59.2 Å². The van der Waals surface area contributed by atoms with Crippen LogP contribution in [0.25, 0.3) is 0 Å². The maximum Gasteiger partial charge on any atom is 0.475 e. The highest BCUT2D eigenvalue weighted by Gasteiger charge is 2.30. The molecule has 1 aliphatic rings. The summed E-state index contributed by atoms with van der Waals surface area (Å²) in [7, 11) is -1.81. The highest BCUT2D eigenvalue weighted by molar-refractivity contribution is 6.43. The molecule has 1 fully saturated rings. The Labute approximate surface area is 162 Å². The number of benzene rings is 1. The van der Waals surface area contributed by atoms with E-state index in [1.165, 1.54) is 17.0 Å². The topological polar surface area (TPSA) is 99.1 Å². The summed E-state index contributed by atoms with van der Waals surface area (Å²) in [5.74, 6) is -3.28. The predicted molar refractivity (Wildman–Crippen MR) is 98.2 cm³/mol. The lowest BCUT2D eigenvalue weighted by molar-refractivity contribution is -0.131. The van der Waals surface area contributed by atoms with Crippen LogP contribution in [0.15, 0.2) is 36.7 Å². The first-order valence-electron chi connectivity index (χ1n) is 8.97. The maximum atomic E-state index is 13.0. The molecule has 0 aliphatic carbocycles. The van der Waals surface area contributed by atoms with Gasteiger partial charge in [-0.25, -0.2) is 13.6 Å². The third-order valence-corrected chi connectivity index (χ3v) is 4.49. The molecular formula is C18H23BF2N2O5. The predicted octanol–water partition coefficient (Wildman–Crippen LogP) is 1.34. The number of carbonyl (C=O) groups excluding carboxylic acids is 2. The number of hydrogen-bond acceptors (Lipinski definition) is 5. The van der Waals surface area contributed by atoms with Crippen molar-refractivity contribution in [3.8, 4) is 0 Å². The van der Waals surface area contributed by atoms with E-state index in [0.717, 1.165) is 5.56 Å². The van der Waals surface area contributed by atoms with Crippen LogP contribution in [0.4, 0.5) is 13.6 Å². The molecule has 1 aromatic rings. The van der Waals surface area contributed by atoms with E-state index in [1.807, 2.05) is 0 Å². The van der Waals surface area contributed by atoms with Gasteiger partial charge < -0.3 is 25.0 Å². The van der Waals surface area contributed by atoms with Gasteiger partial charge in [-0.2, -0.15) is 0 Å². The molecule has 1 aliphatic heterocycles. The van der Waals surface area contributed by atoms with Crippen LogP contribution in [0.5, 0.6) is 0 Å². The van der Waals surface area contributed by atoms with Gasteiger partial charge in [-0.15, -0.1) is 0 Å². The molecule has 1 heterocycles. The lowest BCUT2D eigenvalue weighted by atomic mass is 9.76. The van der Waals surface area contributed by atoms with Crippen LogP contribution in [0.2, 0.25) is 0 Å². The molecule has 0 bridgehead atoms. The molecule has 0 unspecified atom stereocenters. The molecule has 1 aromatic carbocycles. The zero-order chi connectivity index (χ0) is 20.7. The number of halogens is 2. The van der Waals surface area contributed by atoms with Gasteiger partial charge in [0.2, 0.25) is 0 Å². The van der Waals surface area contributed by atoms with E-state index in [4.69, 9.17) is 4.74 Å². The van der Waals surface area contributed by atoms with Crippen molar-refractivity contribution >= 4 is 19.1 Å². The summed E-state index contributed by atoms with van der Waals surface area (Å²) in [5.41, 5.74) is 0.773. The highest BCUT2D eigenvalue weighted by atomic mass is 19.1. The van der Waals surface area contributed by atoms with Crippen LogP contribution >= 0.6 is 0 Å². The number of rotatable bonds is 7. The second-order valence-electron chi connectivity index (χ2n) is 6.66. The van der Waals surface area contributed by atoms with E-state index in [9.17, 15) is 28.4 Å². The Morgan fingerprint density at radius 2 is 2.04 bits per heavy atom. The molecule has 7 nitrogen and oxygen atoms in total. The molecule has 3 N–H and O–H groups in total. The van der Waals surface area contributed by atoms with Crippen LogP contribution < -0.4 is 5.32 Å². The van der Waals surface area contributed by atoms with Crippen molar-refractivity contribution < 1.29 is 33.2 Å². The number of nitrogens with one attached hydrogen (secondary N) is 1. The Balaban J connectivity index is 1.85. The van der Waals surface area contributed by atoms with Gasteiger partial charge in [0.25, 0.3) is 5.91 Å². The largest absolute Gasteiger partial charge is 0.475 e. The van der Waals surface area contributed by atoms with Crippen LogP contribution in [0, 0.1) is 5.82 Å². The first kappa shape index (κ1) is 21.8. The van der Waals surface area contributed by atoms with Crippen molar-refractivity contribution in [1.29, 1.82) is 0 Å². The quantitative estimate of drug-likeness (QED) is 0.477. The van der Waals surface area contributed by atoms with Crippen molar-refractivity contribution in [1.82, 2.24) is 10.2 Å². The monoisotopic (exact) mass is 396 g/mol. The Hall–Kier alpha value is -2.46. The average Bonchev–Trinajstić information content (AvgIpc) is 2.65. The molecule has 2 rings (SSSR count). The summed E-state index contributed by atoms with van der Waals surface area (Å²) in [6, 6.07) is 5.73. The van der Waals surface area contributed by atoms with Gasteiger partial charge in [-0.1, -0.05) is 18.7 Å². The summed E-state index contributed by atoms with van der Waals surface area (Å²) in [6.07, 6.45) is 0.106. The minimum atomic E-state index is -1.81. The minimum absolute atomic E-state index is 0.0388. The second kappa shape index (κ2) is 10.2. The minimum Gasteiger partial charge on any atom is -0.444 e. The molecule has 0 radical (unpaired) electrons. The Bertz CT molecular complexity index is 702. The van der Waals surface area contributed by atoms with Gasteiger partial charge in [0.15, 0.2) is 5.83 Å². The van der Waals surface area contributed by atoms with Gasteiger partial charge in [0.1, 0.15) is 11.9 Å². The van der Waals surface area contributed by atoms with E-state index in [0.29, 0.717) is 25.8 Å². The number of ether oxygens (including phenoxy) is 1. The zero-order valence-electron chi connectivity index (χ0n) is 15.3. The number of carbonyl (C=O) groups is 2. The number of amides is 2. The fraction of sp³-hybridized carbons (Fsp3) is 0.444. The smallest absolute Gasteiger partial charge is 0.444 e. The number of nitrogens with zero attached hydrogens (tertiary/aromatic N) is 1. The fourth-order valence-corrected chi connectivity index (χ4v) is 3.00. The standard InChI is InChI=1S/C18H23BF2N2O5/c1-12(20)17(24)23-10-2-3-15(11-23)28-18(25)22-16(19(26)27)9-6-13-4-7-14(21)8-5-13/h4-5,7-8,15-16,26-27H,1-3,6,9-11H2,(H,22,25)/t15-,16-/m0/s1.